The molecule has 2 aromatic heterocycles. The Bertz CT molecular complexity index is 2240. The number of anilines is 2. The van der Waals surface area contributed by atoms with Gasteiger partial charge >= 0.3 is 0 Å². The Morgan fingerprint density at radius 1 is 1.04 bits per heavy atom. The van der Waals surface area contributed by atoms with E-state index in [2.05, 4.69) is 50.5 Å². The van der Waals surface area contributed by atoms with E-state index in [-0.39, 0.29) is 35.8 Å². The quantitative estimate of drug-likeness (QED) is 0.207. The number of aromatic hydroxyl groups is 1. The van der Waals surface area contributed by atoms with E-state index in [4.69, 9.17) is 9.72 Å². The molecular weight excluding hydrogens is 716 g/mol. The van der Waals surface area contributed by atoms with Gasteiger partial charge in [-0.2, -0.15) is 0 Å². The van der Waals surface area contributed by atoms with Crippen LogP contribution in [0.4, 0.5) is 15.9 Å². The average Bonchev–Trinajstić information content (AvgIpc) is 3.74. The number of halogens is 1. The van der Waals surface area contributed by atoms with E-state index in [1.165, 1.54) is 6.07 Å². The van der Waals surface area contributed by atoms with Gasteiger partial charge in [0.2, 0.25) is 17.7 Å². The molecule has 2 aromatic carbocycles. The Morgan fingerprint density at radius 2 is 1.88 bits per heavy atom. The molecule has 0 spiro atoms. The van der Waals surface area contributed by atoms with Crippen LogP contribution in [0.5, 0.6) is 11.6 Å². The molecular formula is C42H45FN8O5. The molecule has 290 valence electrons. The van der Waals surface area contributed by atoms with Crippen LogP contribution in [0.2, 0.25) is 0 Å². The molecule has 3 atom stereocenters. The monoisotopic (exact) mass is 760 g/mol. The lowest BCUT2D eigenvalue weighted by molar-refractivity contribution is -0.136. The van der Waals surface area contributed by atoms with Gasteiger partial charge in [0.1, 0.15) is 12.1 Å². The van der Waals surface area contributed by atoms with E-state index in [0.717, 1.165) is 73.3 Å². The maximum Gasteiger partial charge on any atom is 0.255 e. The molecule has 0 aliphatic carbocycles. The minimum Gasteiger partial charge on any atom is -0.504 e. The maximum absolute atomic E-state index is 14.2. The fourth-order valence-corrected chi connectivity index (χ4v) is 9.32. The van der Waals surface area contributed by atoms with Crippen molar-refractivity contribution in [1.29, 1.82) is 0 Å². The summed E-state index contributed by atoms with van der Waals surface area (Å²) in [4.78, 5) is 48.6. The number of carbonyl (C=O) groups excluding carboxylic acids is 3. The molecule has 5 aliphatic rings. The summed E-state index contributed by atoms with van der Waals surface area (Å²) in [5.41, 5.74) is 6.37. The molecule has 13 nitrogen and oxygen atoms in total. The first-order chi connectivity index (χ1) is 27.1. The van der Waals surface area contributed by atoms with Crippen LogP contribution in [0, 0.1) is 12.7 Å². The van der Waals surface area contributed by atoms with Crippen molar-refractivity contribution in [1.82, 2.24) is 30.3 Å². The number of amides is 3. The van der Waals surface area contributed by atoms with Crippen LogP contribution in [-0.4, -0.2) is 91.7 Å². The van der Waals surface area contributed by atoms with Crippen LogP contribution in [0.3, 0.4) is 0 Å². The third-order valence-corrected chi connectivity index (χ3v) is 12.6. The topological polar surface area (TPSA) is 153 Å². The highest BCUT2D eigenvalue weighted by molar-refractivity contribution is 6.05. The molecule has 3 N–H and O–H groups in total. The number of para-hydroxylation sites is 1. The van der Waals surface area contributed by atoms with Crippen molar-refractivity contribution < 1.29 is 28.6 Å². The molecule has 0 saturated carbocycles. The molecule has 4 aromatic rings. The van der Waals surface area contributed by atoms with Gasteiger partial charge in [-0.1, -0.05) is 25.1 Å². The van der Waals surface area contributed by atoms with Crippen LogP contribution in [-0.2, 0) is 22.7 Å². The highest BCUT2D eigenvalue weighted by atomic mass is 19.1. The summed E-state index contributed by atoms with van der Waals surface area (Å²) >= 11 is 0. The van der Waals surface area contributed by atoms with Crippen molar-refractivity contribution in [3.63, 3.8) is 0 Å². The molecule has 3 saturated heterocycles. The number of imide groups is 1. The number of likely N-dealkylation sites (tertiary alicyclic amines) is 1. The molecule has 0 bridgehead atoms. The molecule has 3 amide bonds. The van der Waals surface area contributed by atoms with Crippen LogP contribution < -0.4 is 20.3 Å². The second kappa shape index (κ2) is 14.1. The van der Waals surface area contributed by atoms with Crippen LogP contribution in [0.1, 0.15) is 84.0 Å². The Labute approximate surface area is 324 Å². The number of phenols is 1. The van der Waals surface area contributed by atoms with Crippen molar-refractivity contribution in [2.45, 2.75) is 89.1 Å². The van der Waals surface area contributed by atoms with Gasteiger partial charge in [-0.3, -0.25) is 24.6 Å². The lowest BCUT2D eigenvalue weighted by Crippen LogP contribution is -2.52. The molecule has 5 aliphatic heterocycles. The third kappa shape index (κ3) is 6.39. The van der Waals surface area contributed by atoms with Crippen LogP contribution in [0.25, 0.3) is 11.3 Å². The summed E-state index contributed by atoms with van der Waals surface area (Å²) in [6.45, 7) is 8.61. The van der Waals surface area contributed by atoms with Gasteiger partial charge in [0.05, 0.1) is 23.5 Å². The maximum atomic E-state index is 14.2. The van der Waals surface area contributed by atoms with E-state index in [0.29, 0.717) is 60.5 Å². The molecule has 3 fully saturated rings. The van der Waals surface area contributed by atoms with Gasteiger partial charge in [0, 0.05) is 55.9 Å². The lowest BCUT2D eigenvalue weighted by Gasteiger charge is -2.43. The first-order valence-corrected chi connectivity index (χ1v) is 19.6. The first kappa shape index (κ1) is 36.0. The summed E-state index contributed by atoms with van der Waals surface area (Å²) in [7, 11) is 0. The van der Waals surface area contributed by atoms with Crippen molar-refractivity contribution in [3.05, 3.63) is 88.4 Å². The first-order valence-electron chi connectivity index (χ1n) is 19.6. The second-order valence-electron chi connectivity index (χ2n) is 15.9. The van der Waals surface area contributed by atoms with E-state index in [1.54, 1.807) is 17.0 Å². The van der Waals surface area contributed by atoms with Gasteiger partial charge < -0.3 is 25.0 Å². The minimum absolute atomic E-state index is 0.117. The van der Waals surface area contributed by atoms with E-state index < -0.39 is 17.6 Å². The molecule has 56 heavy (non-hydrogen) atoms. The average molecular weight is 761 g/mol. The fraction of sp³-hybridized carbons (Fsp3) is 0.429. The Balaban J connectivity index is 0.818. The standard InChI is InChI=1S/C42H45FN8O5/c1-3-42-18-29(22-51(42)35-17-33(47-48-39(35)45-23-42)30-5-4-6-32(43)38(30)53)56-37-15-24(2)28(19-44-37)20-49-13-11-25(12-14-49)26-7-8-27-21-50(41(55)31(27)16-26)34-9-10-36(52)46-40(34)54/h4-8,15-17,19,25,29,34,53H,3,9-14,18,20-23H2,1-2H3,(H,45,48)(H,46,52,54)/t29-,34?,42-/m1/s1. The van der Waals surface area contributed by atoms with Crippen molar-refractivity contribution in [3.8, 4) is 22.9 Å². The van der Waals surface area contributed by atoms with Gasteiger partial charge in [-0.25, -0.2) is 9.37 Å². The van der Waals surface area contributed by atoms with Crippen molar-refractivity contribution in [2.75, 3.05) is 36.4 Å². The number of hydrogen-bond donors (Lipinski definition) is 3. The Kier molecular flexibility index (Phi) is 9.10. The van der Waals surface area contributed by atoms with E-state index in [1.807, 2.05) is 30.5 Å². The number of carbonyl (C=O) groups is 3. The van der Waals surface area contributed by atoms with Gasteiger partial charge in [-0.05, 0) is 98.1 Å². The zero-order valence-corrected chi connectivity index (χ0v) is 31.6. The van der Waals surface area contributed by atoms with Crippen LogP contribution in [0.15, 0.2) is 54.7 Å². The number of benzene rings is 2. The summed E-state index contributed by atoms with van der Waals surface area (Å²) < 4.78 is 20.7. The Hall–Kier alpha value is -5.63. The SMILES string of the molecule is CC[C@@]12CNc3nnc(-c4cccc(F)c4O)cc3N1C[C@H](Oc1cc(C)c(CN3CCC(c4ccc5c(c4)C(=O)N(C4CCC(=O)NC4=O)C5)CC3)cn1)C2. The zero-order valence-electron chi connectivity index (χ0n) is 31.6. The van der Waals surface area contributed by atoms with Crippen molar-refractivity contribution >= 4 is 29.2 Å². The molecule has 0 radical (unpaired) electrons. The number of nitrogens with zero attached hydrogens (tertiary/aromatic N) is 6. The number of ether oxygens (including phenoxy) is 1. The number of fused-ring (bicyclic) bond motifs is 4. The molecule has 1 unspecified atom stereocenters. The zero-order chi connectivity index (χ0) is 38.7. The highest BCUT2D eigenvalue weighted by Gasteiger charge is 2.49. The Morgan fingerprint density at radius 3 is 2.66 bits per heavy atom. The fourth-order valence-electron chi connectivity index (χ4n) is 9.32. The molecule has 7 heterocycles. The van der Waals surface area contributed by atoms with E-state index in [9.17, 15) is 23.9 Å². The predicted molar refractivity (Wildman–Crippen MR) is 206 cm³/mol. The number of piperidine rings is 2. The summed E-state index contributed by atoms with van der Waals surface area (Å²) in [5.74, 6) is -0.365. The normalized spacial score (nSPS) is 23.7. The molecule has 9 rings (SSSR count). The van der Waals surface area contributed by atoms with Gasteiger partial charge in [-0.15, -0.1) is 10.2 Å². The number of hydrogen-bond acceptors (Lipinski definition) is 11. The summed E-state index contributed by atoms with van der Waals surface area (Å²) in [6, 6.07) is 13.9. The van der Waals surface area contributed by atoms with Crippen LogP contribution >= 0.6 is 0 Å². The predicted octanol–water partition coefficient (Wildman–Crippen LogP) is 5.06. The lowest BCUT2D eigenvalue weighted by atomic mass is 9.87. The van der Waals surface area contributed by atoms with E-state index >= 15 is 0 Å². The van der Waals surface area contributed by atoms with Gasteiger partial charge in [0.25, 0.3) is 5.91 Å². The highest BCUT2D eigenvalue weighted by Crippen LogP contribution is 2.45. The second-order valence-corrected chi connectivity index (χ2v) is 15.9. The smallest absolute Gasteiger partial charge is 0.255 e. The summed E-state index contributed by atoms with van der Waals surface area (Å²) in [6.07, 6.45) is 6.03. The molecule has 14 heteroatoms. The minimum atomic E-state index is -0.703. The number of rotatable bonds is 8. The number of nitrogens with one attached hydrogen (secondary N) is 2. The number of aryl methyl sites for hydroxylation is 1. The van der Waals surface area contributed by atoms with Gasteiger partial charge in [0.15, 0.2) is 17.4 Å². The number of aromatic nitrogens is 3. The third-order valence-electron chi connectivity index (χ3n) is 12.6. The number of pyridine rings is 1. The van der Waals surface area contributed by atoms with Crippen molar-refractivity contribution in [2.24, 2.45) is 0 Å². The summed E-state index contributed by atoms with van der Waals surface area (Å²) in [5, 5.41) is 24.9. The number of phenolic OH excluding ortho intramolecular Hbond substituents is 1. The largest absolute Gasteiger partial charge is 0.504 e.